The van der Waals surface area contributed by atoms with Gasteiger partial charge in [-0.25, -0.2) is 4.98 Å². The summed E-state index contributed by atoms with van der Waals surface area (Å²) in [6.45, 7) is 0.311. The third-order valence-electron chi connectivity index (χ3n) is 9.01. The van der Waals surface area contributed by atoms with Gasteiger partial charge in [-0.2, -0.15) is 4.68 Å². The van der Waals surface area contributed by atoms with Crippen LogP contribution in [-0.2, 0) is 22.6 Å². The number of aliphatic hydroxyl groups excluding tert-OH is 1. The Morgan fingerprint density at radius 1 is 0.811 bits per heavy atom. The molecule has 1 aliphatic heterocycles. The van der Waals surface area contributed by atoms with Crippen LogP contribution in [0.2, 0.25) is 0 Å². The number of ether oxygens (including phenoxy) is 2. The summed E-state index contributed by atoms with van der Waals surface area (Å²) in [6.07, 6.45) is 1.09. The molecule has 8 rings (SSSR count). The molecule has 0 radical (unpaired) electrons. The van der Waals surface area contributed by atoms with E-state index in [4.69, 9.17) is 9.47 Å². The zero-order valence-electron chi connectivity index (χ0n) is 28.5. The van der Waals surface area contributed by atoms with E-state index in [1.807, 2.05) is 109 Å². The normalized spacial score (nSPS) is 17.1. The smallest absolute Gasteiger partial charge is 0.271 e. The van der Waals surface area contributed by atoms with E-state index in [2.05, 4.69) is 49.0 Å². The Hall–Kier alpha value is -5.79. The molecule has 1 amide bonds. The fraction of sp³-hybridized carbons (Fsp3) is 0.171. The minimum Gasteiger partial charge on any atom is -0.392 e. The van der Waals surface area contributed by atoms with Gasteiger partial charge in [0.2, 0.25) is 5.16 Å². The van der Waals surface area contributed by atoms with Crippen molar-refractivity contribution in [3.63, 3.8) is 0 Å². The van der Waals surface area contributed by atoms with E-state index in [1.165, 1.54) is 18.0 Å². The van der Waals surface area contributed by atoms with Gasteiger partial charge in [-0.3, -0.25) is 9.78 Å². The number of fused-ring (bicyclic) bond motifs is 1. The van der Waals surface area contributed by atoms with Crippen LogP contribution in [0.1, 0.15) is 51.6 Å². The lowest BCUT2D eigenvalue weighted by Gasteiger charge is -2.36. The summed E-state index contributed by atoms with van der Waals surface area (Å²) in [4.78, 5) is 21.8. The van der Waals surface area contributed by atoms with Gasteiger partial charge in [0.25, 0.3) is 5.91 Å². The Labute approximate surface area is 310 Å². The number of rotatable bonds is 11. The second kappa shape index (κ2) is 15.8. The maximum Gasteiger partial charge on any atom is 0.271 e. The van der Waals surface area contributed by atoms with Gasteiger partial charge in [-0.15, -0.1) is 5.10 Å². The Morgan fingerprint density at radius 2 is 1.58 bits per heavy atom. The molecule has 3 atom stereocenters. The third kappa shape index (κ3) is 8.01. The molecule has 1 fully saturated rings. The van der Waals surface area contributed by atoms with Crippen molar-refractivity contribution in [1.29, 1.82) is 0 Å². The van der Waals surface area contributed by atoms with E-state index in [1.54, 1.807) is 4.68 Å². The van der Waals surface area contributed by atoms with Gasteiger partial charge in [0.15, 0.2) is 6.29 Å². The monoisotopic (exact) mass is 721 g/mol. The largest absolute Gasteiger partial charge is 0.392 e. The molecule has 1 saturated heterocycles. The number of amides is 1. The first-order valence-corrected chi connectivity index (χ1v) is 18.2. The van der Waals surface area contributed by atoms with Crippen molar-refractivity contribution >= 4 is 28.7 Å². The summed E-state index contributed by atoms with van der Waals surface area (Å²) in [6, 6.07) is 41.4. The Bertz CT molecular complexity index is 2340. The van der Waals surface area contributed by atoms with Gasteiger partial charge in [0, 0.05) is 24.3 Å². The predicted octanol–water partition coefficient (Wildman–Crippen LogP) is 7.03. The predicted molar refractivity (Wildman–Crippen MR) is 201 cm³/mol. The molecule has 7 aromatic rings. The number of carbonyl (C=O) groups excluding carboxylic acids is 1. The van der Waals surface area contributed by atoms with E-state index >= 15 is 0 Å². The van der Waals surface area contributed by atoms with Crippen LogP contribution in [0, 0.1) is 0 Å². The molecule has 5 aromatic carbocycles. The molecule has 53 heavy (non-hydrogen) atoms. The molecule has 0 saturated carbocycles. The minimum atomic E-state index is -0.632. The van der Waals surface area contributed by atoms with Crippen molar-refractivity contribution in [2.75, 3.05) is 5.75 Å². The van der Waals surface area contributed by atoms with Crippen LogP contribution in [0.25, 0.3) is 27.8 Å². The van der Waals surface area contributed by atoms with Crippen molar-refractivity contribution in [3.05, 3.63) is 162 Å². The molecule has 11 nitrogen and oxygen atoms in total. The molecule has 0 spiro atoms. The minimum absolute atomic E-state index is 0.0214. The van der Waals surface area contributed by atoms with Crippen LogP contribution in [0.15, 0.2) is 139 Å². The summed E-state index contributed by atoms with van der Waals surface area (Å²) < 4.78 is 15.0. The van der Waals surface area contributed by atoms with E-state index in [0.29, 0.717) is 29.4 Å². The molecule has 1 aliphatic rings. The zero-order chi connectivity index (χ0) is 36.0. The fourth-order valence-electron chi connectivity index (χ4n) is 6.26. The maximum absolute atomic E-state index is 13.0. The van der Waals surface area contributed by atoms with Gasteiger partial charge in [-0.1, -0.05) is 103 Å². The van der Waals surface area contributed by atoms with Crippen LogP contribution in [0.4, 0.5) is 0 Å². The van der Waals surface area contributed by atoms with Gasteiger partial charge < -0.3 is 19.9 Å². The topological polar surface area (TPSA) is 137 Å². The number of aromatic nitrogens is 6. The quantitative estimate of drug-likeness (QED) is 0.134. The Morgan fingerprint density at radius 3 is 2.42 bits per heavy atom. The molecule has 2 N–H and O–H groups in total. The highest BCUT2D eigenvalue weighted by molar-refractivity contribution is 7.99. The number of tetrazole rings is 1. The molecular weight excluding hydrogens is 687 g/mol. The lowest BCUT2D eigenvalue weighted by Crippen LogP contribution is -2.31. The van der Waals surface area contributed by atoms with Crippen LogP contribution in [0.3, 0.4) is 0 Å². The average molecular weight is 722 g/mol. The maximum atomic E-state index is 13.0. The first kappa shape index (κ1) is 34.3. The summed E-state index contributed by atoms with van der Waals surface area (Å²) in [5.74, 6) is 0.323. The molecule has 0 bridgehead atoms. The number of nitrogens with one attached hydrogen (secondary N) is 1. The number of hydrogen-bond donors (Lipinski definition) is 2. The third-order valence-corrected chi connectivity index (χ3v) is 10.1. The number of nitrogens with zero attached hydrogens (tertiary/aromatic N) is 6. The fourth-order valence-corrected chi connectivity index (χ4v) is 7.16. The Kier molecular flexibility index (Phi) is 10.3. The lowest BCUT2D eigenvalue weighted by molar-refractivity contribution is -0.245. The van der Waals surface area contributed by atoms with E-state index in [-0.39, 0.29) is 30.4 Å². The standard InChI is InChI=1S/C41H35N7O4S/c49-25-27-16-18-29(19-17-27)38-22-34(26-53-41-45-46-47-48(41)33-12-2-1-3-13-33)51-40(52-38)32-11-7-10-31(21-32)30-9-6-8-28(20-30)23-43-39(50)37-24-42-35-14-4-5-15-36(35)44-37/h1-21,24,34,38,40,49H,22-23,25-26H2,(H,43,50)/t34-,38+,40+/m0/s1. The highest BCUT2D eigenvalue weighted by Gasteiger charge is 2.33. The number of thioether (sulfide) groups is 1. The van der Waals surface area contributed by atoms with Crippen molar-refractivity contribution in [2.24, 2.45) is 0 Å². The highest BCUT2D eigenvalue weighted by Crippen LogP contribution is 2.40. The van der Waals surface area contributed by atoms with Crippen molar-refractivity contribution in [3.8, 4) is 16.8 Å². The molecule has 3 heterocycles. The van der Waals surface area contributed by atoms with E-state index in [9.17, 15) is 9.90 Å². The summed E-state index contributed by atoms with van der Waals surface area (Å²) in [5.41, 5.74) is 8.25. The summed E-state index contributed by atoms with van der Waals surface area (Å²) >= 11 is 1.54. The molecule has 0 unspecified atom stereocenters. The van der Waals surface area contributed by atoms with Crippen molar-refractivity contribution in [2.45, 2.75) is 43.2 Å². The molecule has 0 aliphatic carbocycles. The van der Waals surface area contributed by atoms with Crippen molar-refractivity contribution in [1.82, 2.24) is 35.5 Å². The van der Waals surface area contributed by atoms with E-state index < -0.39 is 6.29 Å². The van der Waals surface area contributed by atoms with Crippen LogP contribution < -0.4 is 5.32 Å². The van der Waals surface area contributed by atoms with Gasteiger partial charge >= 0.3 is 0 Å². The second-order valence-electron chi connectivity index (χ2n) is 12.6. The van der Waals surface area contributed by atoms with Crippen molar-refractivity contribution < 1.29 is 19.4 Å². The number of hydrogen-bond acceptors (Lipinski definition) is 10. The average Bonchev–Trinajstić information content (AvgIpc) is 3.71. The molecule has 264 valence electrons. The van der Waals surface area contributed by atoms with Gasteiger partial charge in [0.05, 0.1) is 41.7 Å². The van der Waals surface area contributed by atoms with Gasteiger partial charge in [-0.05, 0) is 74.6 Å². The lowest BCUT2D eigenvalue weighted by atomic mass is 9.99. The summed E-state index contributed by atoms with van der Waals surface area (Å²) in [7, 11) is 0. The first-order chi connectivity index (χ1) is 26.1. The van der Waals surface area contributed by atoms with Crippen LogP contribution in [-0.4, -0.2) is 53.0 Å². The number of carbonyl (C=O) groups is 1. The van der Waals surface area contributed by atoms with E-state index in [0.717, 1.165) is 44.6 Å². The van der Waals surface area contributed by atoms with Crippen LogP contribution >= 0.6 is 11.8 Å². The number of aliphatic hydroxyl groups is 1. The summed E-state index contributed by atoms with van der Waals surface area (Å²) in [5, 5.41) is 25.7. The molecular formula is C41H35N7O4S. The number of para-hydroxylation sites is 3. The Balaban J connectivity index is 0.993. The molecule has 2 aromatic heterocycles. The second-order valence-corrected chi connectivity index (χ2v) is 13.6. The van der Waals surface area contributed by atoms with Crippen LogP contribution in [0.5, 0.6) is 0 Å². The number of benzene rings is 5. The van der Waals surface area contributed by atoms with Gasteiger partial charge in [0.1, 0.15) is 5.69 Å². The highest BCUT2D eigenvalue weighted by atomic mass is 32.2. The SMILES string of the molecule is O=C(NCc1cccc(-c2cccc([C@@H]3O[C@H](CSc4nnnn4-c4ccccc4)C[C@H](c4ccc(CO)cc4)O3)c2)c1)c1cnc2ccccc2n1. The molecule has 12 heteroatoms. The first-order valence-electron chi connectivity index (χ1n) is 17.3. The zero-order valence-corrected chi connectivity index (χ0v) is 29.3.